The SMILES string of the molecule is CCC(CO)c1c(C)[nH]c2ccccc12. The van der Waals surface area contributed by atoms with E-state index in [1.807, 2.05) is 12.1 Å². The molecular formula is C13H17NO. The van der Waals surface area contributed by atoms with E-state index < -0.39 is 0 Å². The van der Waals surface area contributed by atoms with Crippen LogP contribution in [0.15, 0.2) is 24.3 Å². The molecule has 15 heavy (non-hydrogen) atoms. The number of nitrogens with one attached hydrogen (secondary N) is 1. The Morgan fingerprint density at radius 1 is 1.33 bits per heavy atom. The molecule has 0 spiro atoms. The number of rotatable bonds is 3. The Hall–Kier alpha value is -1.28. The summed E-state index contributed by atoms with van der Waals surface area (Å²) in [6, 6.07) is 8.27. The monoisotopic (exact) mass is 203 g/mol. The minimum absolute atomic E-state index is 0.221. The van der Waals surface area contributed by atoms with Crippen LogP contribution in [0.1, 0.15) is 30.5 Å². The highest BCUT2D eigenvalue weighted by molar-refractivity contribution is 5.85. The molecule has 2 aromatic rings. The molecule has 2 nitrogen and oxygen atoms in total. The van der Waals surface area contributed by atoms with Crippen molar-refractivity contribution < 1.29 is 5.11 Å². The molecule has 0 aliphatic carbocycles. The van der Waals surface area contributed by atoms with Gasteiger partial charge in [0.1, 0.15) is 0 Å². The first kappa shape index (κ1) is 10.2. The van der Waals surface area contributed by atoms with E-state index in [9.17, 15) is 5.11 Å². The van der Waals surface area contributed by atoms with Gasteiger partial charge in [-0.25, -0.2) is 0 Å². The van der Waals surface area contributed by atoms with Crippen LogP contribution in [-0.2, 0) is 0 Å². The topological polar surface area (TPSA) is 36.0 Å². The van der Waals surface area contributed by atoms with E-state index in [-0.39, 0.29) is 12.5 Å². The highest BCUT2D eigenvalue weighted by atomic mass is 16.3. The van der Waals surface area contributed by atoms with E-state index in [1.54, 1.807) is 0 Å². The first-order valence-corrected chi connectivity index (χ1v) is 5.46. The number of aliphatic hydroxyl groups excluding tert-OH is 1. The van der Waals surface area contributed by atoms with Gasteiger partial charge in [0.05, 0.1) is 6.61 Å². The average molecular weight is 203 g/mol. The molecule has 0 aliphatic heterocycles. The lowest BCUT2D eigenvalue weighted by atomic mass is 9.94. The van der Waals surface area contributed by atoms with Crippen molar-refractivity contribution in [3.63, 3.8) is 0 Å². The Morgan fingerprint density at radius 2 is 2.07 bits per heavy atom. The lowest BCUT2D eigenvalue weighted by Gasteiger charge is -2.11. The van der Waals surface area contributed by atoms with Crippen molar-refractivity contribution in [2.45, 2.75) is 26.2 Å². The second-order valence-electron chi connectivity index (χ2n) is 4.00. The number of aromatic amines is 1. The van der Waals surface area contributed by atoms with Gasteiger partial charge in [0, 0.05) is 22.5 Å². The van der Waals surface area contributed by atoms with Crippen molar-refractivity contribution in [1.29, 1.82) is 0 Å². The fraction of sp³-hybridized carbons (Fsp3) is 0.385. The molecule has 1 heterocycles. The number of aromatic nitrogens is 1. The molecule has 0 aliphatic rings. The third-order valence-corrected chi connectivity index (χ3v) is 3.06. The number of aryl methyl sites for hydroxylation is 1. The van der Waals surface area contributed by atoms with E-state index in [2.05, 4.69) is 31.0 Å². The van der Waals surface area contributed by atoms with E-state index in [4.69, 9.17) is 0 Å². The highest BCUT2D eigenvalue weighted by Crippen LogP contribution is 2.30. The summed E-state index contributed by atoms with van der Waals surface area (Å²) < 4.78 is 0. The van der Waals surface area contributed by atoms with Gasteiger partial charge in [-0.1, -0.05) is 25.1 Å². The molecule has 0 saturated carbocycles. The van der Waals surface area contributed by atoms with Gasteiger partial charge in [-0.15, -0.1) is 0 Å². The molecule has 2 N–H and O–H groups in total. The molecule has 1 atom stereocenters. The average Bonchev–Trinajstić information content (AvgIpc) is 2.58. The zero-order chi connectivity index (χ0) is 10.8. The molecule has 0 amide bonds. The fourth-order valence-corrected chi connectivity index (χ4v) is 2.25. The summed E-state index contributed by atoms with van der Waals surface area (Å²) in [5.74, 6) is 0.251. The number of hydrogen-bond donors (Lipinski definition) is 2. The predicted molar refractivity (Wildman–Crippen MR) is 63.2 cm³/mol. The van der Waals surface area contributed by atoms with Crippen molar-refractivity contribution in [2.75, 3.05) is 6.61 Å². The van der Waals surface area contributed by atoms with Gasteiger partial charge in [0.15, 0.2) is 0 Å². The van der Waals surface area contributed by atoms with Gasteiger partial charge in [0.25, 0.3) is 0 Å². The van der Waals surface area contributed by atoms with Crippen molar-refractivity contribution in [3.8, 4) is 0 Å². The van der Waals surface area contributed by atoms with Gasteiger partial charge < -0.3 is 10.1 Å². The van der Waals surface area contributed by atoms with E-state index in [0.29, 0.717) is 0 Å². The van der Waals surface area contributed by atoms with Crippen molar-refractivity contribution in [2.24, 2.45) is 0 Å². The third kappa shape index (κ3) is 1.65. The quantitative estimate of drug-likeness (QED) is 0.790. The van der Waals surface area contributed by atoms with Crippen LogP contribution in [0.3, 0.4) is 0 Å². The number of fused-ring (bicyclic) bond motifs is 1. The summed E-state index contributed by atoms with van der Waals surface area (Å²) in [5.41, 5.74) is 3.62. The molecule has 1 aromatic heterocycles. The van der Waals surface area contributed by atoms with Gasteiger partial charge in [-0.3, -0.25) is 0 Å². The van der Waals surface area contributed by atoms with Crippen molar-refractivity contribution >= 4 is 10.9 Å². The van der Waals surface area contributed by atoms with Crippen molar-refractivity contribution in [3.05, 3.63) is 35.5 Å². The van der Waals surface area contributed by atoms with Crippen LogP contribution in [0.2, 0.25) is 0 Å². The standard InChI is InChI=1S/C13H17NO/c1-3-10(8-15)13-9(2)14-12-7-5-4-6-11(12)13/h4-7,10,14-15H,3,8H2,1-2H3. The third-order valence-electron chi connectivity index (χ3n) is 3.06. The first-order valence-electron chi connectivity index (χ1n) is 5.46. The summed E-state index contributed by atoms with van der Waals surface area (Å²) >= 11 is 0. The maximum atomic E-state index is 9.37. The molecule has 0 bridgehead atoms. The summed E-state index contributed by atoms with van der Waals surface area (Å²) in [5, 5.41) is 10.6. The maximum absolute atomic E-state index is 9.37. The minimum Gasteiger partial charge on any atom is -0.396 e. The molecule has 0 saturated heterocycles. The number of benzene rings is 1. The first-order chi connectivity index (χ1) is 7.27. The number of aliphatic hydroxyl groups is 1. The normalized spacial score (nSPS) is 13.3. The van der Waals surface area contributed by atoms with Gasteiger partial charge >= 0.3 is 0 Å². The smallest absolute Gasteiger partial charge is 0.0500 e. The number of para-hydroxylation sites is 1. The molecule has 0 fully saturated rings. The van der Waals surface area contributed by atoms with E-state index in [0.717, 1.165) is 11.9 Å². The molecule has 1 aromatic carbocycles. The highest BCUT2D eigenvalue weighted by Gasteiger charge is 2.15. The lowest BCUT2D eigenvalue weighted by molar-refractivity contribution is 0.262. The molecule has 0 radical (unpaired) electrons. The van der Waals surface area contributed by atoms with Crippen LogP contribution in [0.4, 0.5) is 0 Å². The summed E-state index contributed by atoms with van der Waals surface area (Å²) in [4.78, 5) is 3.37. The van der Waals surface area contributed by atoms with Crippen LogP contribution < -0.4 is 0 Å². The van der Waals surface area contributed by atoms with Gasteiger partial charge in [-0.2, -0.15) is 0 Å². The Balaban J connectivity index is 2.62. The Labute approximate surface area is 89.9 Å². The second-order valence-corrected chi connectivity index (χ2v) is 4.00. The van der Waals surface area contributed by atoms with Crippen LogP contribution in [-0.4, -0.2) is 16.7 Å². The largest absolute Gasteiger partial charge is 0.396 e. The van der Waals surface area contributed by atoms with Crippen molar-refractivity contribution in [1.82, 2.24) is 4.98 Å². The lowest BCUT2D eigenvalue weighted by Crippen LogP contribution is -2.03. The molecular weight excluding hydrogens is 186 g/mol. The van der Waals surface area contributed by atoms with Gasteiger partial charge in [0.2, 0.25) is 0 Å². The molecule has 2 heteroatoms. The Bertz CT molecular complexity index is 455. The zero-order valence-electron chi connectivity index (χ0n) is 9.25. The van der Waals surface area contributed by atoms with Crippen LogP contribution in [0, 0.1) is 6.92 Å². The second kappa shape index (κ2) is 4.07. The van der Waals surface area contributed by atoms with Crippen LogP contribution in [0.5, 0.6) is 0 Å². The van der Waals surface area contributed by atoms with E-state index in [1.165, 1.54) is 16.6 Å². The Morgan fingerprint density at radius 3 is 2.73 bits per heavy atom. The van der Waals surface area contributed by atoms with Gasteiger partial charge in [-0.05, 0) is 25.0 Å². The maximum Gasteiger partial charge on any atom is 0.0500 e. The minimum atomic E-state index is 0.221. The number of hydrogen-bond acceptors (Lipinski definition) is 1. The number of H-pyrrole nitrogens is 1. The predicted octanol–water partition coefficient (Wildman–Crippen LogP) is 2.96. The van der Waals surface area contributed by atoms with Crippen LogP contribution >= 0.6 is 0 Å². The molecule has 80 valence electrons. The molecule has 2 rings (SSSR count). The fourth-order valence-electron chi connectivity index (χ4n) is 2.25. The summed E-state index contributed by atoms with van der Waals surface area (Å²) in [7, 11) is 0. The van der Waals surface area contributed by atoms with E-state index >= 15 is 0 Å². The molecule has 1 unspecified atom stereocenters. The summed E-state index contributed by atoms with van der Waals surface area (Å²) in [6.07, 6.45) is 0.971. The zero-order valence-corrected chi connectivity index (χ0v) is 9.25. The van der Waals surface area contributed by atoms with Crippen LogP contribution in [0.25, 0.3) is 10.9 Å². The summed E-state index contributed by atoms with van der Waals surface area (Å²) in [6.45, 7) is 4.41. The Kier molecular flexibility index (Phi) is 2.78.